The minimum atomic E-state index is -3.25. The fourth-order valence-electron chi connectivity index (χ4n) is 2.28. The Morgan fingerprint density at radius 3 is 2.50 bits per heavy atom. The Hall–Kier alpha value is -1.40. The number of hydrogen-bond donors (Lipinski definition) is 1. The van der Waals surface area contributed by atoms with E-state index in [1.807, 2.05) is 39.0 Å². The van der Waals surface area contributed by atoms with Crippen molar-refractivity contribution in [2.75, 3.05) is 23.7 Å². The zero-order chi connectivity index (χ0) is 16.8. The first-order valence-corrected chi connectivity index (χ1v) is 9.24. The zero-order valence-electron chi connectivity index (χ0n) is 13.8. The number of nitrogens with one attached hydrogen (secondary N) is 1. The van der Waals surface area contributed by atoms with E-state index in [9.17, 15) is 13.2 Å². The summed E-state index contributed by atoms with van der Waals surface area (Å²) in [5, 5.41) is 0. The summed E-state index contributed by atoms with van der Waals surface area (Å²) in [7, 11) is -3.25. The second-order valence-corrected chi connectivity index (χ2v) is 7.45. The summed E-state index contributed by atoms with van der Waals surface area (Å²) in [6.45, 7) is 7.93. The number of rotatable bonds is 8. The third-order valence-electron chi connectivity index (χ3n) is 3.45. The van der Waals surface area contributed by atoms with E-state index in [1.54, 1.807) is 4.90 Å². The Balaban J connectivity index is 2.72. The number of carbonyl (C=O) groups is 1. The van der Waals surface area contributed by atoms with Crippen LogP contribution >= 0.6 is 0 Å². The van der Waals surface area contributed by atoms with E-state index in [-0.39, 0.29) is 18.2 Å². The highest BCUT2D eigenvalue weighted by molar-refractivity contribution is 7.89. The summed E-state index contributed by atoms with van der Waals surface area (Å²) in [6, 6.07) is 5.86. The maximum Gasteiger partial charge on any atom is 0.223 e. The van der Waals surface area contributed by atoms with Gasteiger partial charge in [-0.1, -0.05) is 31.0 Å². The average molecular weight is 326 g/mol. The van der Waals surface area contributed by atoms with E-state index in [0.29, 0.717) is 13.0 Å². The normalized spacial score (nSPS) is 11.5. The third-order valence-corrected chi connectivity index (χ3v) is 4.92. The number of hydrogen-bond acceptors (Lipinski definition) is 3. The molecule has 0 bridgehead atoms. The van der Waals surface area contributed by atoms with Gasteiger partial charge >= 0.3 is 0 Å². The van der Waals surface area contributed by atoms with Gasteiger partial charge in [-0.05, 0) is 31.9 Å². The molecule has 0 heterocycles. The minimum Gasteiger partial charge on any atom is -0.311 e. The number of sulfonamides is 1. The number of amides is 1. The topological polar surface area (TPSA) is 66.5 Å². The molecule has 6 heteroatoms. The van der Waals surface area contributed by atoms with Gasteiger partial charge in [-0.2, -0.15) is 0 Å². The fraction of sp³-hybridized carbons (Fsp3) is 0.562. The van der Waals surface area contributed by atoms with Crippen LogP contribution in [0.4, 0.5) is 5.69 Å². The van der Waals surface area contributed by atoms with Crippen LogP contribution in [0.1, 0.15) is 37.8 Å². The van der Waals surface area contributed by atoms with Crippen LogP contribution in [0.2, 0.25) is 0 Å². The Kier molecular flexibility index (Phi) is 7.03. The smallest absolute Gasteiger partial charge is 0.223 e. The van der Waals surface area contributed by atoms with Gasteiger partial charge in [0.1, 0.15) is 0 Å². The monoisotopic (exact) mass is 326 g/mol. The quantitative estimate of drug-likeness (QED) is 0.797. The molecule has 0 aromatic heterocycles. The van der Waals surface area contributed by atoms with Crippen LogP contribution in [0.25, 0.3) is 0 Å². The van der Waals surface area contributed by atoms with Crippen molar-refractivity contribution in [2.24, 2.45) is 0 Å². The molecule has 1 amide bonds. The van der Waals surface area contributed by atoms with E-state index < -0.39 is 10.0 Å². The minimum absolute atomic E-state index is 0.0975. The van der Waals surface area contributed by atoms with Gasteiger partial charge in [0, 0.05) is 25.7 Å². The molecule has 1 aromatic carbocycles. The number of carbonyl (C=O) groups excluding carboxylic acids is 1. The number of unbranched alkanes of at least 4 members (excludes halogenated alkanes) is 1. The first-order valence-electron chi connectivity index (χ1n) is 7.59. The summed E-state index contributed by atoms with van der Waals surface area (Å²) in [4.78, 5) is 13.5. The summed E-state index contributed by atoms with van der Waals surface area (Å²) in [5.74, 6) is 0.0346. The van der Waals surface area contributed by atoms with Crippen molar-refractivity contribution in [3.05, 3.63) is 29.3 Å². The molecule has 22 heavy (non-hydrogen) atoms. The van der Waals surface area contributed by atoms with Crippen molar-refractivity contribution in [2.45, 2.75) is 40.5 Å². The molecule has 0 saturated carbocycles. The molecule has 0 atom stereocenters. The van der Waals surface area contributed by atoms with Crippen LogP contribution in [0, 0.1) is 13.8 Å². The lowest BCUT2D eigenvalue weighted by Gasteiger charge is -2.23. The number of aryl methyl sites for hydroxylation is 2. The molecule has 0 radical (unpaired) electrons. The molecule has 1 N–H and O–H groups in total. The molecular formula is C16H26N2O3S. The maximum absolute atomic E-state index is 11.9. The Labute approximate surface area is 133 Å². The second-order valence-electron chi connectivity index (χ2n) is 5.53. The lowest BCUT2D eigenvalue weighted by Crippen LogP contribution is -2.38. The largest absolute Gasteiger partial charge is 0.311 e. The van der Waals surface area contributed by atoms with Gasteiger partial charge in [-0.3, -0.25) is 4.79 Å². The predicted molar refractivity (Wildman–Crippen MR) is 90.6 cm³/mol. The van der Waals surface area contributed by atoms with E-state index in [2.05, 4.69) is 4.72 Å². The number of anilines is 1. The molecule has 1 aromatic rings. The highest BCUT2D eigenvalue weighted by atomic mass is 32.2. The van der Waals surface area contributed by atoms with Gasteiger partial charge < -0.3 is 4.90 Å². The Morgan fingerprint density at radius 2 is 1.95 bits per heavy atom. The first-order chi connectivity index (χ1) is 10.3. The van der Waals surface area contributed by atoms with E-state index >= 15 is 0 Å². The molecule has 0 fully saturated rings. The lowest BCUT2D eigenvalue weighted by molar-refractivity contribution is -0.116. The van der Waals surface area contributed by atoms with Crippen molar-refractivity contribution < 1.29 is 13.2 Å². The molecular weight excluding hydrogens is 300 g/mol. The SMILES string of the molecule is CCCCS(=O)(=O)NCCN(C(C)=O)c1ccc(C)cc1C. The van der Waals surface area contributed by atoms with E-state index in [4.69, 9.17) is 0 Å². The number of benzene rings is 1. The summed E-state index contributed by atoms with van der Waals surface area (Å²) in [5.41, 5.74) is 2.96. The van der Waals surface area contributed by atoms with Crippen molar-refractivity contribution in [1.82, 2.24) is 4.72 Å². The van der Waals surface area contributed by atoms with Crippen molar-refractivity contribution >= 4 is 21.6 Å². The zero-order valence-corrected chi connectivity index (χ0v) is 14.7. The van der Waals surface area contributed by atoms with Gasteiger partial charge in [-0.15, -0.1) is 0 Å². The van der Waals surface area contributed by atoms with Gasteiger partial charge in [0.15, 0.2) is 0 Å². The molecule has 0 spiro atoms. The van der Waals surface area contributed by atoms with Gasteiger partial charge in [0.05, 0.1) is 5.75 Å². The second kappa shape index (κ2) is 8.29. The molecule has 124 valence electrons. The summed E-state index contributed by atoms with van der Waals surface area (Å²) < 4.78 is 26.1. The van der Waals surface area contributed by atoms with Gasteiger partial charge in [0.2, 0.25) is 15.9 Å². The van der Waals surface area contributed by atoms with Crippen molar-refractivity contribution in [3.63, 3.8) is 0 Å². The molecule has 0 unspecified atom stereocenters. The Morgan fingerprint density at radius 1 is 1.27 bits per heavy atom. The highest BCUT2D eigenvalue weighted by Crippen LogP contribution is 2.21. The molecule has 1 rings (SSSR count). The van der Waals surface area contributed by atoms with Crippen LogP contribution in [0.3, 0.4) is 0 Å². The standard InChI is InChI=1S/C16H26N2O3S/c1-5-6-11-22(20,21)17-9-10-18(15(4)19)16-8-7-13(2)12-14(16)3/h7-8,12,17H,5-6,9-11H2,1-4H3. The molecule has 0 aliphatic heterocycles. The third kappa shape index (κ3) is 5.77. The molecule has 0 aliphatic carbocycles. The van der Waals surface area contributed by atoms with Crippen molar-refractivity contribution in [1.29, 1.82) is 0 Å². The molecule has 0 saturated heterocycles. The predicted octanol–water partition coefficient (Wildman–Crippen LogP) is 2.38. The van der Waals surface area contributed by atoms with E-state index in [1.165, 1.54) is 6.92 Å². The van der Waals surface area contributed by atoms with Crippen LogP contribution in [-0.4, -0.2) is 33.2 Å². The maximum atomic E-state index is 11.9. The molecule has 0 aliphatic rings. The first kappa shape index (κ1) is 18.6. The van der Waals surface area contributed by atoms with Crippen LogP contribution in [0.15, 0.2) is 18.2 Å². The van der Waals surface area contributed by atoms with Crippen LogP contribution in [0.5, 0.6) is 0 Å². The summed E-state index contributed by atoms with van der Waals surface area (Å²) >= 11 is 0. The molecule has 5 nitrogen and oxygen atoms in total. The van der Waals surface area contributed by atoms with Gasteiger partial charge in [0.25, 0.3) is 0 Å². The number of nitrogens with zero attached hydrogens (tertiary/aromatic N) is 1. The Bertz CT molecular complexity index is 612. The van der Waals surface area contributed by atoms with Crippen LogP contribution < -0.4 is 9.62 Å². The van der Waals surface area contributed by atoms with Crippen LogP contribution in [-0.2, 0) is 14.8 Å². The van der Waals surface area contributed by atoms with Crippen molar-refractivity contribution in [3.8, 4) is 0 Å². The fourth-order valence-corrected chi connectivity index (χ4v) is 3.49. The lowest BCUT2D eigenvalue weighted by atomic mass is 10.1. The average Bonchev–Trinajstić information content (AvgIpc) is 2.42. The highest BCUT2D eigenvalue weighted by Gasteiger charge is 2.15. The summed E-state index contributed by atoms with van der Waals surface area (Å²) in [6.07, 6.45) is 1.48. The van der Waals surface area contributed by atoms with Gasteiger partial charge in [-0.25, -0.2) is 13.1 Å². The van der Waals surface area contributed by atoms with E-state index in [0.717, 1.165) is 23.2 Å².